The number of aliphatic carboxylic acids is 1. The van der Waals surface area contributed by atoms with Gasteiger partial charge in [-0.25, -0.2) is 0 Å². The smallest absolute Gasteiger partial charge is 0.168 e. The lowest BCUT2D eigenvalue weighted by atomic mass is 10.1. The van der Waals surface area contributed by atoms with Crippen molar-refractivity contribution in [3.05, 3.63) is 47.5 Å². The van der Waals surface area contributed by atoms with Crippen LogP contribution >= 0.6 is 23.4 Å². The third-order valence-corrected chi connectivity index (χ3v) is 5.06. The molecule has 1 unspecified atom stereocenters. The molecular weight excluding hydrogens is 334 g/mol. The quantitative estimate of drug-likeness (QED) is 0.658. The summed E-state index contributed by atoms with van der Waals surface area (Å²) in [5, 5.41) is 16.1. The van der Waals surface area contributed by atoms with Crippen LogP contribution in [0, 0.1) is 0 Å². The summed E-state index contributed by atoms with van der Waals surface area (Å²) in [5.41, 5.74) is 2.27. The summed E-state index contributed by atoms with van der Waals surface area (Å²) >= 11 is 7.15. The topological polar surface area (TPSA) is 66.2 Å². The number of carboxylic acid groups (broad SMARTS) is 1. The molecule has 3 rings (SSSR count). The lowest BCUT2D eigenvalue weighted by Gasteiger charge is -2.14. The van der Waals surface area contributed by atoms with E-state index in [2.05, 4.69) is 5.16 Å². The number of benzene rings is 2. The van der Waals surface area contributed by atoms with Gasteiger partial charge < -0.3 is 14.4 Å². The second-order valence-electron chi connectivity index (χ2n) is 5.03. The summed E-state index contributed by atoms with van der Waals surface area (Å²) in [5.74, 6) is -1.06. The highest BCUT2D eigenvalue weighted by Gasteiger charge is 2.14. The van der Waals surface area contributed by atoms with Crippen LogP contribution in [-0.2, 0) is 4.79 Å². The molecule has 0 saturated heterocycles. The summed E-state index contributed by atoms with van der Waals surface area (Å²) < 4.78 is 5.39. The zero-order valence-corrected chi connectivity index (χ0v) is 13.9. The number of nitrogens with zero attached hydrogens (tertiary/aromatic N) is 1. The number of carboxylic acids is 1. The number of aromatic nitrogens is 1. The highest BCUT2D eigenvalue weighted by Crippen LogP contribution is 2.33. The van der Waals surface area contributed by atoms with Gasteiger partial charge in [-0.1, -0.05) is 35.8 Å². The fraction of sp³-hybridized carbons (Fsp3) is 0.176. The standard InChI is InChI=1S/C17H14ClNO3S/c1-2-15(17(20)21)23-12-7-8-13-14(9-12)22-19-16(13)10-3-5-11(18)6-4-10/h3-9,15H,2H2,1H3,(H,20,21)/p-1. The average molecular weight is 347 g/mol. The molecule has 3 aromatic rings. The molecule has 0 radical (unpaired) electrons. The Labute approximate surface area is 142 Å². The summed E-state index contributed by atoms with van der Waals surface area (Å²) in [4.78, 5) is 11.8. The van der Waals surface area contributed by atoms with Crippen LogP contribution in [0.1, 0.15) is 13.3 Å². The highest BCUT2D eigenvalue weighted by molar-refractivity contribution is 8.00. The average Bonchev–Trinajstić information content (AvgIpc) is 2.96. The van der Waals surface area contributed by atoms with E-state index in [9.17, 15) is 9.90 Å². The summed E-state index contributed by atoms with van der Waals surface area (Å²) in [6, 6.07) is 12.9. The van der Waals surface area contributed by atoms with Gasteiger partial charge in [0.25, 0.3) is 0 Å². The molecule has 0 bridgehead atoms. The van der Waals surface area contributed by atoms with Gasteiger partial charge >= 0.3 is 0 Å². The minimum Gasteiger partial charge on any atom is -0.549 e. The van der Waals surface area contributed by atoms with Gasteiger partial charge in [-0.3, -0.25) is 0 Å². The van der Waals surface area contributed by atoms with Crippen LogP contribution in [0.4, 0.5) is 0 Å². The molecule has 0 aliphatic rings. The fourth-order valence-corrected chi connectivity index (χ4v) is 3.31. The molecule has 0 aliphatic heterocycles. The highest BCUT2D eigenvalue weighted by atomic mass is 35.5. The molecule has 0 N–H and O–H groups in total. The first-order chi connectivity index (χ1) is 11.1. The van der Waals surface area contributed by atoms with Crippen molar-refractivity contribution in [2.45, 2.75) is 23.5 Å². The Kier molecular flexibility index (Phi) is 4.59. The maximum absolute atomic E-state index is 11.0. The monoisotopic (exact) mass is 346 g/mol. The van der Waals surface area contributed by atoms with Crippen LogP contribution in [0.2, 0.25) is 5.02 Å². The lowest BCUT2D eigenvalue weighted by molar-refractivity contribution is -0.304. The first-order valence-corrected chi connectivity index (χ1v) is 8.37. The Bertz CT molecular complexity index is 845. The van der Waals surface area contributed by atoms with E-state index in [1.54, 1.807) is 18.2 Å². The Balaban J connectivity index is 1.94. The van der Waals surface area contributed by atoms with E-state index in [1.165, 1.54) is 11.8 Å². The molecular formula is C17H13ClNO3S-. The van der Waals surface area contributed by atoms with Crippen molar-refractivity contribution in [1.29, 1.82) is 0 Å². The normalized spacial score (nSPS) is 12.4. The van der Waals surface area contributed by atoms with Crippen LogP contribution in [0.15, 0.2) is 51.9 Å². The van der Waals surface area contributed by atoms with Crippen LogP contribution in [0.25, 0.3) is 22.2 Å². The number of hydrogen-bond acceptors (Lipinski definition) is 5. The van der Waals surface area contributed by atoms with Crippen molar-refractivity contribution in [3.63, 3.8) is 0 Å². The van der Waals surface area contributed by atoms with E-state index in [-0.39, 0.29) is 0 Å². The summed E-state index contributed by atoms with van der Waals surface area (Å²) in [7, 11) is 0. The third-order valence-electron chi connectivity index (χ3n) is 3.47. The Morgan fingerprint density at radius 2 is 2.04 bits per heavy atom. The van der Waals surface area contributed by atoms with E-state index in [1.807, 2.05) is 31.2 Å². The number of hydrogen-bond donors (Lipinski definition) is 0. The van der Waals surface area contributed by atoms with E-state index < -0.39 is 11.2 Å². The van der Waals surface area contributed by atoms with E-state index in [0.29, 0.717) is 17.0 Å². The van der Waals surface area contributed by atoms with Crippen molar-refractivity contribution in [1.82, 2.24) is 5.16 Å². The summed E-state index contributed by atoms with van der Waals surface area (Å²) in [6.07, 6.45) is 0.497. The van der Waals surface area contributed by atoms with Crippen molar-refractivity contribution in [2.75, 3.05) is 0 Å². The molecule has 0 saturated carbocycles. The zero-order valence-electron chi connectivity index (χ0n) is 12.3. The summed E-state index contributed by atoms with van der Waals surface area (Å²) in [6.45, 7) is 1.82. The minimum atomic E-state index is -1.06. The number of halogens is 1. The molecule has 1 atom stereocenters. The SMILES string of the molecule is CCC(Sc1ccc2c(-c3ccc(Cl)cc3)noc2c1)C(=O)[O-]. The van der Waals surface area contributed by atoms with Crippen molar-refractivity contribution in [2.24, 2.45) is 0 Å². The Hall–Kier alpha value is -1.98. The van der Waals surface area contributed by atoms with Gasteiger partial charge in [0.15, 0.2) is 5.58 Å². The van der Waals surface area contributed by atoms with Crippen LogP contribution in [0.5, 0.6) is 0 Å². The van der Waals surface area contributed by atoms with Gasteiger partial charge in [0, 0.05) is 26.1 Å². The number of carbonyl (C=O) groups is 1. The second kappa shape index (κ2) is 6.64. The predicted octanol–water partition coefficient (Wildman–Crippen LogP) is 3.77. The first kappa shape index (κ1) is 15.9. The molecule has 0 amide bonds. The maximum Gasteiger partial charge on any atom is 0.168 e. The number of carbonyl (C=O) groups excluding carboxylic acids is 1. The Morgan fingerprint density at radius 3 is 2.70 bits per heavy atom. The van der Waals surface area contributed by atoms with Gasteiger partial charge in [-0.15, -0.1) is 11.8 Å². The molecule has 0 fully saturated rings. The van der Waals surface area contributed by atoms with Gasteiger partial charge in [0.2, 0.25) is 0 Å². The molecule has 0 spiro atoms. The third kappa shape index (κ3) is 3.35. The van der Waals surface area contributed by atoms with Gasteiger partial charge in [0.1, 0.15) is 5.69 Å². The fourth-order valence-electron chi connectivity index (χ4n) is 2.27. The van der Waals surface area contributed by atoms with E-state index in [0.717, 1.165) is 21.5 Å². The Morgan fingerprint density at radius 1 is 1.30 bits per heavy atom. The van der Waals surface area contributed by atoms with Crippen LogP contribution in [-0.4, -0.2) is 16.4 Å². The number of thioether (sulfide) groups is 1. The molecule has 2 aromatic carbocycles. The predicted molar refractivity (Wildman–Crippen MR) is 89.4 cm³/mol. The molecule has 23 heavy (non-hydrogen) atoms. The van der Waals surface area contributed by atoms with E-state index >= 15 is 0 Å². The van der Waals surface area contributed by atoms with Crippen molar-refractivity contribution < 1.29 is 14.4 Å². The first-order valence-electron chi connectivity index (χ1n) is 7.11. The molecule has 1 aromatic heterocycles. The zero-order chi connectivity index (χ0) is 16.4. The molecule has 1 heterocycles. The largest absolute Gasteiger partial charge is 0.549 e. The number of fused-ring (bicyclic) bond motifs is 1. The molecule has 0 aliphatic carbocycles. The molecule has 118 valence electrons. The van der Waals surface area contributed by atoms with Crippen LogP contribution < -0.4 is 5.11 Å². The minimum absolute atomic E-state index is 0.497. The van der Waals surface area contributed by atoms with Crippen molar-refractivity contribution in [3.8, 4) is 11.3 Å². The van der Waals surface area contributed by atoms with E-state index in [4.69, 9.17) is 16.1 Å². The maximum atomic E-state index is 11.0. The van der Waals surface area contributed by atoms with Gasteiger partial charge in [0.05, 0.1) is 5.97 Å². The molecule has 6 heteroatoms. The number of rotatable bonds is 5. The molecule has 4 nitrogen and oxygen atoms in total. The van der Waals surface area contributed by atoms with Gasteiger partial charge in [-0.05, 0) is 36.8 Å². The lowest BCUT2D eigenvalue weighted by Crippen LogP contribution is -2.32. The van der Waals surface area contributed by atoms with Crippen molar-refractivity contribution >= 4 is 40.3 Å². The second-order valence-corrected chi connectivity index (χ2v) is 6.74. The van der Waals surface area contributed by atoms with Gasteiger partial charge in [-0.2, -0.15) is 0 Å². The van der Waals surface area contributed by atoms with Crippen LogP contribution in [0.3, 0.4) is 0 Å².